The summed E-state index contributed by atoms with van der Waals surface area (Å²) in [6.07, 6.45) is 0.763. The number of aromatic nitrogens is 1. The van der Waals surface area contributed by atoms with Crippen LogP contribution in [0.2, 0.25) is 0 Å². The van der Waals surface area contributed by atoms with Gasteiger partial charge in [-0.05, 0) is 47.4 Å². The zero-order chi connectivity index (χ0) is 27.6. The number of amides is 1. The van der Waals surface area contributed by atoms with Gasteiger partial charge >= 0.3 is 0 Å². The van der Waals surface area contributed by atoms with Crippen LogP contribution in [0.1, 0.15) is 38.6 Å². The van der Waals surface area contributed by atoms with Crippen LogP contribution in [0.4, 0.5) is 0 Å². The number of benzene rings is 3. The lowest BCUT2D eigenvalue weighted by molar-refractivity contribution is 0.0944. The first-order valence-electron chi connectivity index (χ1n) is 13.2. The number of fused-ring (bicyclic) bond motifs is 1. The van der Waals surface area contributed by atoms with Gasteiger partial charge in [0.2, 0.25) is 6.79 Å². The lowest BCUT2D eigenvalue weighted by Crippen LogP contribution is -2.26. The first kappa shape index (κ1) is 27.6. The molecule has 1 aromatic heterocycles. The molecular formula is C31H33N3O5S. The standard InChI is InChI=1S/C31H33N3O5S/c1-36-15-5-14-32-31(35)27-21-40-30(33-27)19-34(18-25-10-13-28-29(16-25)39-22-38-28)17-23-8-11-26(12-9-23)37-20-24-6-3-2-4-7-24/h2-4,6-13,16,21H,5,14-15,17-20,22H2,1H3,(H,32,35). The molecule has 0 saturated carbocycles. The zero-order valence-corrected chi connectivity index (χ0v) is 23.3. The van der Waals surface area contributed by atoms with Crippen molar-refractivity contribution in [1.82, 2.24) is 15.2 Å². The van der Waals surface area contributed by atoms with Crippen LogP contribution in [0.15, 0.2) is 78.2 Å². The van der Waals surface area contributed by atoms with Crippen LogP contribution >= 0.6 is 11.3 Å². The van der Waals surface area contributed by atoms with Gasteiger partial charge < -0.3 is 24.3 Å². The van der Waals surface area contributed by atoms with E-state index in [4.69, 9.17) is 18.9 Å². The second-order valence-corrected chi connectivity index (χ2v) is 10.4. The van der Waals surface area contributed by atoms with Crippen LogP contribution in [0.5, 0.6) is 17.2 Å². The highest BCUT2D eigenvalue weighted by atomic mass is 32.1. The number of thiazole rings is 1. The third-order valence-electron chi connectivity index (χ3n) is 6.38. The van der Waals surface area contributed by atoms with E-state index in [1.165, 1.54) is 11.3 Å². The fourth-order valence-corrected chi connectivity index (χ4v) is 5.16. The SMILES string of the molecule is COCCCNC(=O)c1csc(CN(Cc2ccc(OCc3ccccc3)cc2)Cc2ccc3c(c2)OCO3)n1. The minimum absolute atomic E-state index is 0.160. The normalized spacial score (nSPS) is 12.1. The van der Waals surface area contributed by atoms with Crippen molar-refractivity contribution in [2.75, 3.05) is 27.1 Å². The molecule has 1 aliphatic heterocycles. The molecule has 0 fully saturated rings. The van der Waals surface area contributed by atoms with Gasteiger partial charge in [-0.25, -0.2) is 4.98 Å². The molecule has 40 heavy (non-hydrogen) atoms. The topological polar surface area (TPSA) is 82.2 Å². The summed E-state index contributed by atoms with van der Waals surface area (Å²) in [4.78, 5) is 19.4. The van der Waals surface area contributed by atoms with E-state index in [-0.39, 0.29) is 12.7 Å². The largest absolute Gasteiger partial charge is 0.489 e. The minimum Gasteiger partial charge on any atom is -0.489 e. The summed E-state index contributed by atoms with van der Waals surface area (Å²) >= 11 is 1.50. The molecule has 0 saturated heterocycles. The number of nitrogens with zero attached hydrogens (tertiary/aromatic N) is 2. The molecule has 0 atom stereocenters. The summed E-state index contributed by atoms with van der Waals surface area (Å²) in [6, 6.07) is 24.4. The van der Waals surface area contributed by atoms with Crippen molar-refractivity contribution in [2.24, 2.45) is 0 Å². The molecule has 9 heteroatoms. The van der Waals surface area contributed by atoms with Crippen molar-refractivity contribution in [1.29, 1.82) is 0 Å². The fourth-order valence-electron chi connectivity index (χ4n) is 4.34. The quantitative estimate of drug-likeness (QED) is 0.207. The fraction of sp³-hybridized carbons (Fsp3) is 0.290. The Labute approximate surface area is 238 Å². The Kier molecular flexibility index (Phi) is 9.63. The Morgan fingerprint density at radius 3 is 2.55 bits per heavy atom. The van der Waals surface area contributed by atoms with Gasteiger partial charge in [0.25, 0.3) is 5.91 Å². The van der Waals surface area contributed by atoms with Gasteiger partial charge in [-0.2, -0.15) is 0 Å². The summed E-state index contributed by atoms with van der Waals surface area (Å²) in [6.45, 7) is 3.92. The molecule has 1 N–H and O–H groups in total. The third-order valence-corrected chi connectivity index (χ3v) is 7.21. The van der Waals surface area contributed by atoms with Crippen LogP contribution in [0, 0.1) is 0 Å². The van der Waals surface area contributed by atoms with E-state index in [1.54, 1.807) is 7.11 Å². The summed E-state index contributed by atoms with van der Waals surface area (Å²) < 4.78 is 22.1. The van der Waals surface area contributed by atoms with Crippen molar-refractivity contribution < 1.29 is 23.7 Å². The van der Waals surface area contributed by atoms with Gasteiger partial charge in [0.15, 0.2) is 11.5 Å². The Morgan fingerprint density at radius 1 is 0.950 bits per heavy atom. The average Bonchev–Trinajstić information content (AvgIpc) is 3.65. The number of carbonyl (C=O) groups excluding carboxylic acids is 1. The van der Waals surface area contributed by atoms with E-state index in [9.17, 15) is 4.79 Å². The first-order valence-corrected chi connectivity index (χ1v) is 14.1. The molecule has 8 nitrogen and oxygen atoms in total. The number of rotatable bonds is 14. The Balaban J connectivity index is 1.25. The molecule has 0 aliphatic carbocycles. The van der Waals surface area contributed by atoms with Crippen molar-refractivity contribution in [3.05, 3.63) is 106 Å². The van der Waals surface area contributed by atoms with E-state index >= 15 is 0 Å². The summed E-state index contributed by atoms with van der Waals surface area (Å²) in [7, 11) is 1.65. The number of carbonyl (C=O) groups is 1. The summed E-state index contributed by atoms with van der Waals surface area (Å²) in [5.74, 6) is 2.20. The predicted molar refractivity (Wildman–Crippen MR) is 154 cm³/mol. The van der Waals surface area contributed by atoms with Crippen molar-refractivity contribution >= 4 is 17.2 Å². The lowest BCUT2D eigenvalue weighted by Gasteiger charge is -2.22. The van der Waals surface area contributed by atoms with Gasteiger partial charge in [0.1, 0.15) is 23.1 Å². The highest BCUT2D eigenvalue weighted by Crippen LogP contribution is 2.33. The van der Waals surface area contributed by atoms with Gasteiger partial charge in [-0.3, -0.25) is 9.69 Å². The third kappa shape index (κ3) is 7.81. The molecule has 4 aromatic rings. The maximum atomic E-state index is 12.5. The Hall–Kier alpha value is -3.92. The van der Waals surface area contributed by atoms with E-state index in [0.29, 0.717) is 45.1 Å². The highest BCUT2D eigenvalue weighted by molar-refractivity contribution is 7.09. The number of hydrogen-bond acceptors (Lipinski definition) is 8. The molecule has 5 rings (SSSR count). The smallest absolute Gasteiger partial charge is 0.270 e. The second-order valence-electron chi connectivity index (χ2n) is 9.48. The van der Waals surface area contributed by atoms with Crippen LogP contribution < -0.4 is 19.5 Å². The lowest BCUT2D eigenvalue weighted by atomic mass is 10.1. The maximum absolute atomic E-state index is 12.5. The molecule has 0 spiro atoms. The second kappa shape index (κ2) is 13.9. The van der Waals surface area contributed by atoms with Gasteiger partial charge in [0.05, 0.1) is 6.54 Å². The molecule has 2 heterocycles. The molecule has 1 amide bonds. The molecule has 0 bridgehead atoms. The molecule has 3 aromatic carbocycles. The molecule has 0 radical (unpaired) electrons. The highest BCUT2D eigenvalue weighted by Gasteiger charge is 2.17. The van der Waals surface area contributed by atoms with E-state index in [0.717, 1.165) is 45.4 Å². The predicted octanol–water partition coefficient (Wildman–Crippen LogP) is 5.42. The zero-order valence-electron chi connectivity index (χ0n) is 22.5. The van der Waals surface area contributed by atoms with E-state index in [1.807, 2.05) is 47.8 Å². The maximum Gasteiger partial charge on any atom is 0.270 e. The Morgan fingerprint density at radius 2 is 1.73 bits per heavy atom. The van der Waals surface area contributed by atoms with Gasteiger partial charge in [-0.15, -0.1) is 11.3 Å². The van der Waals surface area contributed by atoms with E-state index in [2.05, 4.69) is 45.5 Å². The monoisotopic (exact) mass is 559 g/mol. The molecule has 208 valence electrons. The van der Waals surface area contributed by atoms with Crippen molar-refractivity contribution in [3.63, 3.8) is 0 Å². The van der Waals surface area contributed by atoms with Crippen molar-refractivity contribution in [3.8, 4) is 17.2 Å². The van der Waals surface area contributed by atoms with Crippen LogP contribution in [0.25, 0.3) is 0 Å². The number of hydrogen-bond donors (Lipinski definition) is 1. The minimum atomic E-state index is -0.160. The Bertz CT molecular complexity index is 1380. The molecule has 0 unspecified atom stereocenters. The van der Waals surface area contributed by atoms with Crippen LogP contribution in [-0.4, -0.2) is 42.8 Å². The average molecular weight is 560 g/mol. The van der Waals surface area contributed by atoms with Crippen LogP contribution in [-0.2, 0) is 31.0 Å². The van der Waals surface area contributed by atoms with Gasteiger partial charge in [0, 0.05) is 38.7 Å². The van der Waals surface area contributed by atoms with Gasteiger partial charge in [-0.1, -0.05) is 48.5 Å². The van der Waals surface area contributed by atoms with Crippen LogP contribution in [0.3, 0.4) is 0 Å². The molecule has 1 aliphatic rings. The summed E-state index contributed by atoms with van der Waals surface area (Å²) in [5.41, 5.74) is 3.84. The van der Waals surface area contributed by atoms with E-state index < -0.39 is 0 Å². The molecular weight excluding hydrogens is 526 g/mol. The number of methoxy groups -OCH3 is 1. The summed E-state index contributed by atoms with van der Waals surface area (Å²) in [5, 5.41) is 5.60. The number of nitrogens with one attached hydrogen (secondary N) is 1. The first-order chi connectivity index (χ1) is 19.7. The number of ether oxygens (including phenoxy) is 4. The van der Waals surface area contributed by atoms with Crippen molar-refractivity contribution in [2.45, 2.75) is 32.7 Å².